The van der Waals surface area contributed by atoms with Crippen LogP contribution in [0.2, 0.25) is 0 Å². The van der Waals surface area contributed by atoms with E-state index in [0.717, 1.165) is 25.8 Å². The summed E-state index contributed by atoms with van der Waals surface area (Å²) in [7, 11) is 0. The molecule has 0 aliphatic carbocycles. The van der Waals surface area contributed by atoms with Crippen molar-refractivity contribution in [3.05, 3.63) is 18.7 Å². The van der Waals surface area contributed by atoms with E-state index in [9.17, 15) is 4.79 Å². The monoisotopic (exact) mass is 223 g/mol. The van der Waals surface area contributed by atoms with Crippen molar-refractivity contribution in [3.8, 4) is 0 Å². The van der Waals surface area contributed by atoms with Gasteiger partial charge in [0.2, 0.25) is 5.91 Å². The van der Waals surface area contributed by atoms with Gasteiger partial charge in [-0.15, -0.1) is 0 Å². The van der Waals surface area contributed by atoms with Gasteiger partial charge in [0, 0.05) is 31.4 Å². The first-order valence-corrected chi connectivity index (χ1v) is 6.02. The Kier molecular flexibility index (Phi) is 5.61. The molecule has 0 aliphatic heterocycles. The fraction of sp³-hybridized carbons (Fsp3) is 0.667. The number of carbonyl (C=O) groups is 1. The van der Waals surface area contributed by atoms with Crippen molar-refractivity contribution >= 4 is 5.91 Å². The van der Waals surface area contributed by atoms with Crippen LogP contribution in [0, 0.1) is 0 Å². The van der Waals surface area contributed by atoms with Crippen LogP contribution in [0.15, 0.2) is 18.7 Å². The zero-order valence-corrected chi connectivity index (χ0v) is 10.1. The van der Waals surface area contributed by atoms with Gasteiger partial charge in [-0.25, -0.2) is 4.98 Å². The maximum Gasteiger partial charge on any atom is 0.222 e. The Morgan fingerprint density at radius 2 is 2.25 bits per heavy atom. The SMILES string of the molecule is CCCNC(=O)CC(CCC)n1ccnc1. The minimum absolute atomic E-state index is 0.133. The van der Waals surface area contributed by atoms with Gasteiger partial charge < -0.3 is 9.88 Å². The normalized spacial score (nSPS) is 12.4. The number of carbonyl (C=O) groups excluding carboxylic acids is 1. The second-order valence-electron chi connectivity index (χ2n) is 4.01. The lowest BCUT2D eigenvalue weighted by molar-refractivity contribution is -0.121. The van der Waals surface area contributed by atoms with Crippen molar-refractivity contribution in [1.82, 2.24) is 14.9 Å². The summed E-state index contributed by atoms with van der Waals surface area (Å²) in [5.41, 5.74) is 0. The third-order valence-electron chi connectivity index (χ3n) is 2.56. The van der Waals surface area contributed by atoms with Crippen LogP contribution in [0.25, 0.3) is 0 Å². The van der Waals surface area contributed by atoms with E-state index in [4.69, 9.17) is 0 Å². The van der Waals surface area contributed by atoms with Gasteiger partial charge >= 0.3 is 0 Å². The molecule has 1 aromatic rings. The molecular weight excluding hydrogens is 202 g/mol. The number of nitrogens with one attached hydrogen (secondary N) is 1. The number of nitrogens with zero attached hydrogens (tertiary/aromatic N) is 2. The average molecular weight is 223 g/mol. The third-order valence-corrected chi connectivity index (χ3v) is 2.56. The van der Waals surface area contributed by atoms with E-state index in [0.29, 0.717) is 6.42 Å². The minimum atomic E-state index is 0.133. The molecule has 0 saturated heterocycles. The first-order chi connectivity index (χ1) is 7.77. The Morgan fingerprint density at radius 3 is 2.81 bits per heavy atom. The molecule has 0 saturated carbocycles. The van der Waals surface area contributed by atoms with Gasteiger partial charge in [0.05, 0.1) is 6.33 Å². The van der Waals surface area contributed by atoms with Crippen LogP contribution in [0.5, 0.6) is 0 Å². The second kappa shape index (κ2) is 7.04. The number of amides is 1. The van der Waals surface area contributed by atoms with Crippen LogP contribution in [-0.2, 0) is 4.79 Å². The van der Waals surface area contributed by atoms with Crippen LogP contribution in [0.3, 0.4) is 0 Å². The summed E-state index contributed by atoms with van der Waals surface area (Å²) in [6, 6.07) is 0.240. The lowest BCUT2D eigenvalue weighted by atomic mass is 10.1. The predicted octanol–water partition coefficient (Wildman–Crippen LogP) is 2.14. The largest absolute Gasteiger partial charge is 0.356 e. The molecule has 1 atom stereocenters. The summed E-state index contributed by atoms with van der Waals surface area (Å²) < 4.78 is 2.02. The molecule has 0 spiro atoms. The van der Waals surface area contributed by atoms with E-state index in [1.165, 1.54) is 0 Å². The maximum atomic E-state index is 11.6. The molecule has 0 aliphatic rings. The van der Waals surface area contributed by atoms with Crippen LogP contribution >= 0.6 is 0 Å². The molecule has 1 heterocycles. The van der Waals surface area contributed by atoms with Crippen molar-refractivity contribution < 1.29 is 4.79 Å². The minimum Gasteiger partial charge on any atom is -0.356 e. The lowest BCUT2D eigenvalue weighted by Crippen LogP contribution is -2.27. The molecule has 16 heavy (non-hydrogen) atoms. The highest BCUT2D eigenvalue weighted by atomic mass is 16.1. The summed E-state index contributed by atoms with van der Waals surface area (Å²) in [5, 5.41) is 2.91. The quantitative estimate of drug-likeness (QED) is 0.769. The summed E-state index contributed by atoms with van der Waals surface area (Å²) in [6.07, 6.45) is 9.08. The second-order valence-corrected chi connectivity index (χ2v) is 4.01. The molecular formula is C12H21N3O. The number of aromatic nitrogens is 2. The van der Waals surface area contributed by atoms with Crippen LogP contribution in [0.1, 0.15) is 45.6 Å². The van der Waals surface area contributed by atoms with Gasteiger partial charge in [-0.1, -0.05) is 20.3 Å². The topological polar surface area (TPSA) is 46.9 Å². The fourth-order valence-corrected chi connectivity index (χ4v) is 1.73. The van der Waals surface area contributed by atoms with Crippen molar-refractivity contribution in [2.45, 2.75) is 45.6 Å². The molecule has 0 bridgehead atoms. The number of imidazole rings is 1. The molecule has 1 aromatic heterocycles. The van der Waals surface area contributed by atoms with Crippen LogP contribution in [0.4, 0.5) is 0 Å². The van der Waals surface area contributed by atoms with Crippen LogP contribution < -0.4 is 5.32 Å². The molecule has 0 radical (unpaired) electrons. The molecule has 4 heteroatoms. The van der Waals surface area contributed by atoms with Gasteiger partial charge in [-0.05, 0) is 12.8 Å². The van der Waals surface area contributed by atoms with Gasteiger partial charge in [0.15, 0.2) is 0 Å². The van der Waals surface area contributed by atoms with E-state index in [2.05, 4.69) is 24.1 Å². The summed E-state index contributed by atoms with van der Waals surface area (Å²) >= 11 is 0. The summed E-state index contributed by atoms with van der Waals surface area (Å²) in [4.78, 5) is 15.7. The summed E-state index contributed by atoms with van der Waals surface area (Å²) in [5.74, 6) is 0.133. The average Bonchev–Trinajstić information content (AvgIpc) is 2.79. The van der Waals surface area contributed by atoms with Crippen LogP contribution in [-0.4, -0.2) is 22.0 Å². The zero-order chi connectivity index (χ0) is 11.8. The van der Waals surface area contributed by atoms with Crippen molar-refractivity contribution in [2.75, 3.05) is 6.54 Å². The van der Waals surface area contributed by atoms with Gasteiger partial charge in [0.25, 0.3) is 0 Å². The third kappa shape index (κ3) is 4.04. The highest BCUT2D eigenvalue weighted by Crippen LogP contribution is 2.17. The van der Waals surface area contributed by atoms with Crippen molar-refractivity contribution in [2.24, 2.45) is 0 Å². The molecule has 1 amide bonds. The maximum absolute atomic E-state index is 11.6. The van der Waals surface area contributed by atoms with Crippen molar-refractivity contribution in [1.29, 1.82) is 0 Å². The first-order valence-electron chi connectivity index (χ1n) is 6.02. The first kappa shape index (κ1) is 12.7. The van der Waals surface area contributed by atoms with E-state index in [1.807, 2.05) is 10.8 Å². The molecule has 90 valence electrons. The van der Waals surface area contributed by atoms with Gasteiger partial charge in [-0.2, -0.15) is 0 Å². The smallest absolute Gasteiger partial charge is 0.222 e. The van der Waals surface area contributed by atoms with E-state index < -0.39 is 0 Å². The lowest BCUT2D eigenvalue weighted by Gasteiger charge is -2.17. The Labute approximate surface area is 97.1 Å². The molecule has 0 aromatic carbocycles. The molecule has 0 fully saturated rings. The number of hydrogen-bond acceptors (Lipinski definition) is 2. The molecule has 1 unspecified atom stereocenters. The Balaban J connectivity index is 2.48. The van der Waals surface area contributed by atoms with Gasteiger partial charge in [0.1, 0.15) is 0 Å². The Bertz CT molecular complexity index is 295. The molecule has 1 rings (SSSR count). The number of rotatable bonds is 7. The van der Waals surface area contributed by atoms with E-state index in [1.54, 1.807) is 12.5 Å². The Morgan fingerprint density at radius 1 is 1.44 bits per heavy atom. The summed E-state index contributed by atoms with van der Waals surface area (Å²) in [6.45, 7) is 4.95. The highest BCUT2D eigenvalue weighted by Gasteiger charge is 2.13. The molecule has 4 nitrogen and oxygen atoms in total. The zero-order valence-electron chi connectivity index (χ0n) is 10.1. The van der Waals surface area contributed by atoms with Crippen molar-refractivity contribution in [3.63, 3.8) is 0 Å². The van der Waals surface area contributed by atoms with Gasteiger partial charge in [-0.3, -0.25) is 4.79 Å². The highest BCUT2D eigenvalue weighted by molar-refractivity contribution is 5.76. The molecule has 1 N–H and O–H groups in total. The number of hydrogen-bond donors (Lipinski definition) is 1. The van der Waals surface area contributed by atoms with E-state index in [-0.39, 0.29) is 11.9 Å². The fourth-order valence-electron chi connectivity index (χ4n) is 1.73. The predicted molar refractivity (Wildman–Crippen MR) is 64.1 cm³/mol. The Hall–Kier alpha value is -1.32. The van der Waals surface area contributed by atoms with E-state index >= 15 is 0 Å². The standard InChI is InChI=1S/C12H21N3O/c1-3-5-11(15-8-7-13-10-15)9-12(16)14-6-4-2/h7-8,10-11H,3-6,9H2,1-2H3,(H,14,16).